The third kappa shape index (κ3) is 3.29. The molecule has 0 spiro atoms. The molecule has 1 heterocycles. The Bertz CT molecular complexity index is 627. The highest BCUT2D eigenvalue weighted by Crippen LogP contribution is 2.38. The van der Waals surface area contributed by atoms with Gasteiger partial charge >= 0.3 is 0 Å². The second-order valence-electron chi connectivity index (χ2n) is 5.99. The zero-order valence-corrected chi connectivity index (χ0v) is 13.5. The van der Waals surface area contributed by atoms with Gasteiger partial charge < -0.3 is 5.32 Å². The van der Waals surface area contributed by atoms with E-state index in [9.17, 15) is 4.79 Å². The first-order valence-electron chi connectivity index (χ1n) is 8.04. The predicted molar refractivity (Wildman–Crippen MR) is 90.0 cm³/mol. The summed E-state index contributed by atoms with van der Waals surface area (Å²) in [6, 6.07) is 6.96. The van der Waals surface area contributed by atoms with E-state index < -0.39 is 0 Å². The second-order valence-corrected chi connectivity index (χ2v) is 6.91. The fourth-order valence-corrected chi connectivity index (χ4v) is 3.92. The van der Waals surface area contributed by atoms with Crippen LogP contribution in [-0.2, 0) is 11.2 Å². The number of hydrogen-bond donors (Lipinski definition) is 1. The first-order chi connectivity index (χ1) is 10.3. The van der Waals surface area contributed by atoms with Crippen LogP contribution < -0.4 is 5.32 Å². The number of carbonyl (C=O) groups is 1. The van der Waals surface area contributed by atoms with Crippen molar-refractivity contribution >= 4 is 27.3 Å². The summed E-state index contributed by atoms with van der Waals surface area (Å²) in [5, 5.41) is 6.66. The van der Waals surface area contributed by atoms with Crippen LogP contribution in [-0.4, -0.2) is 12.5 Å². The molecule has 1 aromatic carbocycles. The van der Waals surface area contributed by atoms with E-state index >= 15 is 0 Å². The summed E-state index contributed by atoms with van der Waals surface area (Å²) in [5.74, 6) is 0.957. The fourth-order valence-electron chi connectivity index (χ4n) is 2.94. The van der Waals surface area contributed by atoms with Gasteiger partial charge in [0.15, 0.2) is 0 Å². The predicted octanol–water partition coefficient (Wildman–Crippen LogP) is 4.63. The Morgan fingerprint density at radius 1 is 1.38 bits per heavy atom. The topological polar surface area (TPSA) is 29.1 Å². The van der Waals surface area contributed by atoms with Crippen LogP contribution in [0.15, 0.2) is 23.6 Å². The van der Waals surface area contributed by atoms with Gasteiger partial charge in [-0.25, -0.2) is 0 Å². The molecule has 0 saturated heterocycles. The largest absolute Gasteiger partial charge is 0.356 e. The van der Waals surface area contributed by atoms with Gasteiger partial charge in [0, 0.05) is 17.7 Å². The van der Waals surface area contributed by atoms with Crippen molar-refractivity contribution in [2.45, 2.75) is 51.4 Å². The Hall–Kier alpha value is -1.35. The summed E-state index contributed by atoms with van der Waals surface area (Å²) in [6.45, 7) is 2.78. The summed E-state index contributed by atoms with van der Waals surface area (Å²) in [5.41, 5.74) is 2.89. The van der Waals surface area contributed by atoms with Crippen LogP contribution in [0.5, 0.6) is 0 Å². The molecule has 0 radical (unpaired) electrons. The molecule has 1 amide bonds. The molecule has 1 fully saturated rings. The zero-order chi connectivity index (χ0) is 14.7. The Morgan fingerprint density at radius 3 is 2.95 bits per heavy atom. The normalized spacial score (nSPS) is 15.1. The van der Waals surface area contributed by atoms with E-state index in [1.54, 1.807) is 0 Å². The molecule has 0 unspecified atom stereocenters. The summed E-state index contributed by atoms with van der Waals surface area (Å²) in [4.78, 5) is 11.5. The molecular weight excluding hydrogens is 278 g/mol. The molecule has 1 aromatic heterocycles. The first kappa shape index (κ1) is 14.6. The van der Waals surface area contributed by atoms with Gasteiger partial charge in [-0.05, 0) is 65.6 Å². The molecule has 1 saturated carbocycles. The zero-order valence-electron chi connectivity index (χ0n) is 12.7. The van der Waals surface area contributed by atoms with Gasteiger partial charge in [-0.3, -0.25) is 4.79 Å². The van der Waals surface area contributed by atoms with Crippen LogP contribution in [0.4, 0.5) is 0 Å². The van der Waals surface area contributed by atoms with Gasteiger partial charge in [-0.15, -0.1) is 11.3 Å². The molecule has 3 heteroatoms. The minimum Gasteiger partial charge on any atom is -0.356 e. The number of rotatable bonds is 6. The highest BCUT2D eigenvalue weighted by atomic mass is 32.1. The van der Waals surface area contributed by atoms with E-state index in [0.717, 1.165) is 25.3 Å². The molecule has 3 rings (SSSR count). The van der Waals surface area contributed by atoms with Crippen molar-refractivity contribution in [1.82, 2.24) is 5.32 Å². The van der Waals surface area contributed by atoms with Crippen molar-refractivity contribution < 1.29 is 4.79 Å². The van der Waals surface area contributed by atoms with E-state index in [2.05, 4.69) is 28.9 Å². The maximum atomic E-state index is 11.5. The van der Waals surface area contributed by atoms with Gasteiger partial charge in [-0.1, -0.05) is 19.4 Å². The average Bonchev–Trinajstić information content (AvgIpc) is 2.80. The molecule has 112 valence electrons. The lowest BCUT2D eigenvalue weighted by atomic mass is 9.80. The molecule has 1 aliphatic carbocycles. The summed E-state index contributed by atoms with van der Waals surface area (Å²) in [7, 11) is 0. The molecule has 2 aromatic rings. The Balaban J connectivity index is 1.68. The standard InChI is InChI=1S/C18H23NOS/c1-2-4-18(20)19-10-9-15-12-21-17-8-7-14(11-16(15)17)13-5-3-6-13/h7-8,11-13H,2-6,9-10H2,1H3,(H,19,20). The van der Waals surface area contributed by atoms with Crippen LogP contribution in [0.3, 0.4) is 0 Å². The van der Waals surface area contributed by atoms with E-state index in [0.29, 0.717) is 6.42 Å². The fraction of sp³-hybridized carbons (Fsp3) is 0.500. The second kappa shape index (κ2) is 6.61. The van der Waals surface area contributed by atoms with Crippen LogP contribution >= 0.6 is 11.3 Å². The quantitative estimate of drug-likeness (QED) is 0.828. The van der Waals surface area contributed by atoms with Crippen molar-refractivity contribution in [1.29, 1.82) is 0 Å². The van der Waals surface area contributed by atoms with Gasteiger partial charge in [0.1, 0.15) is 0 Å². The van der Waals surface area contributed by atoms with Crippen molar-refractivity contribution in [2.75, 3.05) is 6.54 Å². The number of hydrogen-bond acceptors (Lipinski definition) is 2. The van der Waals surface area contributed by atoms with Crippen molar-refractivity contribution in [2.24, 2.45) is 0 Å². The molecule has 1 aliphatic rings. The highest BCUT2D eigenvalue weighted by molar-refractivity contribution is 7.17. The minimum absolute atomic E-state index is 0.173. The highest BCUT2D eigenvalue weighted by Gasteiger charge is 2.20. The summed E-state index contributed by atoms with van der Waals surface area (Å²) in [6.07, 6.45) is 6.55. The van der Waals surface area contributed by atoms with E-state index in [1.165, 1.54) is 40.5 Å². The maximum Gasteiger partial charge on any atom is 0.219 e. The lowest BCUT2D eigenvalue weighted by Crippen LogP contribution is -2.25. The third-order valence-corrected chi connectivity index (χ3v) is 5.46. The van der Waals surface area contributed by atoms with Crippen LogP contribution in [0.2, 0.25) is 0 Å². The van der Waals surface area contributed by atoms with Gasteiger partial charge in [-0.2, -0.15) is 0 Å². The van der Waals surface area contributed by atoms with Gasteiger partial charge in [0.05, 0.1) is 0 Å². The van der Waals surface area contributed by atoms with Gasteiger partial charge in [0.25, 0.3) is 0 Å². The van der Waals surface area contributed by atoms with E-state index in [1.807, 2.05) is 18.3 Å². The molecule has 0 atom stereocenters. The molecule has 0 aliphatic heterocycles. The first-order valence-corrected chi connectivity index (χ1v) is 8.92. The Morgan fingerprint density at radius 2 is 2.24 bits per heavy atom. The number of amides is 1. The molecular formula is C18H23NOS. The lowest BCUT2D eigenvalue weighted by molar-refractivity contribution is -0.121. The number of fused-ring (bicyclic) bond motifs is 1. The average molecular weight is 301 g/mol. The monoisotopic (exact) mass is 301 g/mol. The molecule has 1 N–H and O–H groups in total. The van der Waals surface area contributed by atoms with Crippen LogP contribution in [0, 0.1) is 0 Å². The molecule has 21 heavy (non-hydrogen) atoms. The molecule has 2 nitrogen and oxygen atoms in total. The minimum atomic E-state index is 0.173. The smallest absolute Gasteiger partial charge is 0.219 e. The van der Waals surface area contributed by atoms with Crippen molar-refractivity contribution in [3.05, 3.63) is 34.7 Å². The number of nitrogens with one attached hydrogen (secondary N) is 1. The Labute approximate surface area is 130 Å². The Kier molecular flexibility index (Phi) is 4.59. The summed E-state index contributed by atoms with van der Waals surface area (Å²) >= 11 is 1.82. The number of thiophene rings is 1. The van der Waals surface area contributed by atoms with Crippen LogP contribution in [0.25, 0.3) is 10.1 Å². The third-order valence-electron chi connectivity index (χ3n) is 4.45. The maximum absolute atomic E-state index is 11.5. The van der Waals surface area contributed by atoms with Crippen molar-refractivity contribution in [3.63, 3.8) is 0 Å². The van der Waals surface area contributed by atoms with E-state index in [4.69, 9.17) is 0 Å². The summed E-state index contributed by atoms with van der Waals surface area (Å²) < 4.78 is 1.37. The van der Waals surface area contributed by atoms with Crippen molar-refractivity contribution in [3.8, 4) is 0 Å². The lowest BCUT2D eigenvalue weighted by Gasteiger charge is -2.25. The van der Waals surface area contributed by atoms with E-state index in [-0.39, 0.29) is 5.91 Å². The molecule has 0 bridgehead atoms. The van der Waals surface area contributed by atoms with Gasteiger partial charge in [0.2, 0.25) is 5.91 Å². The van der Waals surface area contributed by atoms with Crippen LogP contribution in [0.1, 0.15) is 56.1 Å². The number of benzene rings is 1. The number of carbonyl (C=O) groups excluding carboxylic acids is 1. The SMILES string of the molecule is CCCC(=O)NCCc1csc2ccc(C3CCC3)cc12.